The lowest BCUT2D eigenvalue weighted by Gasteiger charge is -2.15. The summed E-state index contributed by atoms with van der Waals surface area (Å²) in [5.74, 6) is 0. The first-order chi connectivity index (χ1) is 18.7. The SMILES string of the molecule is [C-]#[N+]/C(C#N)=C1/c2cc(-c3ccccc3C)c(C#N)cc2-c2cc([N+]#[C-])c(-c3ccccc3C(F)(F)F)cc21. The number of nitriles is 2. The second-order valence-electron chi connectivity index (χ2n) is 8.89. The molecule has 0 atom stereocenters. The summed E-state index contributed by atoms with van der Waals surface area (Å²) in [4.78, 5) is 6.94. The van der Waals surface area contributed by atoms with Gasteiger partial charge in [0.1, 0.15) is 0 Å². The normalized spacial score (nSPS) is 12.8. The maximum Gasteiger partial charge on any atom is 0.416 e. The van der Waals surface area contributed by atoms with E-state index in [-0.39, 0.29) is 28.1 Å². The third-order valence-electron chi connectivity index (χ3n) is 6.78. The predicted octanol–water partition coefficient (Wildman–Crippen LogP) is 8.95. The minimum Gasteiger partial charge on any atom is -0.237 e. The van der Waals surface area contributed by atoms with E-state index in [1.807, 2.05) is 37.3 Å². The van der Waals surface area contributed by atoms with Crippen molar-refractivity contribution in [3.8, 4) is 45.5 Å². The Kier molecular flexibility index (Phi) is 6.00. The zero-order valence-corrected chi connectivity index (χ0v) is 20.4. The van der Waals surface area contributed by atoms with Crippen molar-refractivity contribution in [1.29, 1.82) is 10.5 Å². The zero-order valence-electron chi connectivity index (χ0n) is 20.4. The minimum absolute atomic E-state index is 0.0135. The average molecular weight is 512 g/mol. The summed E-state index contributed by atoms with van der Waals surface area (Å²) in [6.45, 7) is 17.3. The van der Waals surface area contributed by atoms with Crippen LogP contribution in [0.5, 0.6) is 0 Å². The number of rotatable bonds is 2. The first-order valence-electron chi connectivity index (χ1n) is 11.6. The molecule has 0 aromatic heterocycles. The number of hydrogen-bond donors (Lipinski definition) is 0. The molecular weight excluding hydrogens is 497 g/mol. The lowest BCUT2D eigenvalue weighted by molar-refractivity contribution is -0.137. The number of aryl methyl sites for hydroxylation is 1. The van der Waals surface area contributed by atoms with Crippen molar-refractivity contribution in [2.75, 3.05) is 0 Å². The van der Waals surface area contributed by atoms with E-state index < -0.39 is 11.7 Å². The van der Waals surface area contributed by atoms with E-state index in [0.717, 1.165) is 17.2 Å². The predicted molar refractivity (Wildman–Crippen MR) is 142 cm³/mol. The first kappa shape index (κ1) is 25.0. The Morgan fingerprint density at radius 3 is 1.95 bits per heavy atom. The number of allylic oxidation sites excluding steroid dienone is 1. The monoisotopic (exact) mass is 512 g/mol. The molecule has 184 valence electrons. The van der Waals surface area contributed by atoms with Gasteiger partial charge in [-0.25, -0.2) is 15.0 Å². The number of halogens is 3. The Morgan fingerprint density at radius 1 is 0.744 bits per heavy atom. The van der Waals surface area contributed by atoms with Crippen molar-refractivity contribution in [2.24, 2.45) is 0 Å². The van der Waals surface area contributed by atoms with E-state index in [2.05, 4.69) is 15.8 Å². The van der Waals surface area contributed by atoms with Crippen LogP contribution < -0.4 is 0 Å². The Morgan fingerprint density at radius 2 is 1.36 bits per heavy atom. The quantitative estimate of drug-likeness (QED) is 0.175. The standard InChI is InChI=1S/C32H15F3N4/c1-18-8-4-5-9-20(18)22-13-26-23(12-19(22)16-36)24-15-29(38-2)25(14-27(24)31(26)30(17-37)39-3)21-10-6-7-11-28(21)32(33,34)35/h4-15H,1H3/b31-30-. The second-order valence-corrected chi connectivity index (χ2v) is 8.89. The Bertz CT molecular complexity index is 1890. The van der Waals surface area contributed by atoms with Crippen LogP contribution in [0, 0.1) is 42.7 Å². The van der Waals surface area contributed by atoms with E-state index in [4.69, 9.17) is 13.1 Å². The molecule has 39 heavy (non-hydrogen) atoms. The summed E-state index contributed by atoms with van der Waals surface area (Å²) in [6, 6.07) is 22.9. The number of hydrogen-bond acceptors (Lipinski definition) is 2. The van der Waals surface area contributed by atoms with Crippen LogP contribution in [-0.2, 0) is 6.18 Å². The van der Waals surface area contributed by atoms with Crippen LogP contribution >= 0.6 is 0 Å². The molecule has 7 heteroatoms. The molecule has 0 amide bonds. The summed E-state index contributed by atoms with van der Waals surface area (Å²) >= 11 is 0. The lowest BCUT2D eigenvalue weighted by atomic mass is 9.91. The molecule has 0 aliphatic heterocycles. The van der Waals surface area contributed by atoms with Gasteiger partial charge in [-0.15, -0.1) is 0 Å². The van der Waals surface area contributed by atoms with Crippen LogP contribution in [0.3, 0.4) is 0 Å². The Labute approximate surface area is 222 Å². The molecule has 0 fully saturated rings. The van der Waals surface area contributed by atoms with Crippen LogP contribution in [0.2, 0.25) is 0 Å². The second kappa shape index (κ2) is 9.35. The van der Waals surface area contributed by atoms with Crippen LogP contribution in [0.1, 0.15) is 27.8 Å². The third-order valence-corrected chi connectivity index (χ3v) is 6.78. The highest BCUT2D eigenvalue weighted by molar-refractivity contribution is 6.07. The molecule has 0 saturated heterocycles. The number of nitrogens with zero attached hydrogens (tertiary/aromatic N) is 4. The first-order valence-corrected chi connectivity index (χ1v) is 11.6. The summed E-state index contributed by atoms with van der Waals surface area (Å²) < 4.78 is 41.7. The van der Waals surface area contributed by atoms with E-state index in [0.29, 0.717) is 33.4 Å². The van der Waals surface area contributed by atoms with Gasteiger partial charge in [-0.1, -0.05) is 48.5 Å². The van der Waals surface area contributed by atoms with Crippen molar-refractivity contribution in [3.05, 3.63) is 129 Å². The van der Waals surface area contributed by atoms with Gasteiger partial charge in [-0.3, -0.25) is 0 Å². The van der Waals surface area contributed by atoms with Gasteiger partial charge >= 0.3 is 6.18 Å². The molecule has 1 aliphatic carbocycles. The smallest absolute Gasteiger partial charge is 0.237 e. The van der Waals surface area contributed by atoms with Gasteiger partial charge in [0, 0.05) is 11.1 Å². The Hall–Kier alpha value is -5.63. The highest BCUT2D eigenvalue weighted by atomic mass is 19.4. The number of alkyl halides is 3. The van der Waals surface area contributed by atoms with Gasteiger partial charge in [0.15, 0.2) is 5.69 Å². The van der Waals surface area contributed by atoms with Crippen LogP contribution in [-0.4, -0.2) is 0 Å². The van der Waals surface area contributed by atoms with Crippen LogP contribution in [0.4, 0.5) is 18.9 Å². The van der Waals surface area contributed by atoms with Gasteiger partial charge in [0.2, 0.25) is 0 Å². The van der Waals surface area contributed by atoms with E-state index in [9.17, 15) is 23.7 Å². The van der Waals surface area contributed by atoms with Gasteiger partial charge in [0.25, 0.3) is 5.70 Å². The molecule has 5 rings (SSSR count). The van der Waals surface area contributed by atoms with Crippen molar-refractivity contribution < 1.29 is 13.2 Å². The third kappa shape index (κ3) is 4.00. The fraction of sp³-hybridized carbons (Fsp3) is 0.0625. The summed E-state index contributed by atoms with van der Waals surface area (Å²) in [6.07, 6.45) is -4.66. The molecule has 0 saturated carbocycles. The van der Waals surface area contributed by atoms with E-state index in [1.54, 1.807) is 12.1 Å². The van der Waals surface area contributed by atoms with E-state index >= 15 is 0 Å². The van der Waals surface area contributed by atoms with Crippen LogP contribution in [0.25, 0.3) is 48.6 Å². The maximum absolute atomic E-state index is 13.9. The maximum atomic E-state index is 13.9. The summed E-state index contributed by atoms with van der Waals surface area (Å²) in [5, 5.41) is 19.8. The topological polar surface area (TPSA) is 56.3 Å². The summed E-state index contributed by atoms with van der Waals surface area (Å²) in [7, 11) is 0. The fourth-order valence-corrected chi connectivity index (χ4v) is 5.05. The molecule has 0 bridgehead atoms. The highest BCUT2D eigenvalue weighted by Gasteiger charge is 2.35. The number of benzene rings is 4. The molecule has 0 N–H and O–H groups in total. The highest BCUT2D eigenvalue weighted by Crippen LogP contribution is 2.52. The molecule has 0 spiro atoms. The van der Waals surface area contributed by atoms with Crippen molar-refractivity contribution in [3.63, 3.8) is 0 Å². The molecule has 1 aliphatic rings. The number of fused-ring (bicyclic) bond motifs is 3. The fourth-order valence-electron chi connectivity index (χ4n) is 5.05. The zero-order chi connectivity index (χ0) is 27.9. The van der Waals surface area contributed by atoms with Crippen molar-refractivity contribution >= 4 is 11.3 Å². The summed E-state index contributed by atoms with van der Waals surface area (Å²) in [5.41, 5.74) is 3.55. The van der Waals surface area contributed by atoms with Crippen molar-refractivity contribution in [2.45, 2.75) is 13.1 Å². The molecule has 4 aromatic rings. The molecule has 0 radical (unpaired) electrons. The average Bonchev–Trinajstić information content (AvgIpc) is 3.24. The molecule has 0 unspecified atom stereocenters. The van der Waals surface area contributed by atoms with Gasteiger partial charge < -0.3 is 0 Å². The molecular formula is C32H15F3N4. The van der Waals surface area contributed by atoms with Crippen LogP contribution in [0.15, 0.2) is 78.5 Å². The molecule has 0 heterocycles. The molecule has 4 aromatic carbocycles. The van der Waals surface area contributed by atoms with E-state index in [1.165, 1.54) is 30.3 Å². The van der Waals surface area contributed by atoms with Gasteiger partial charge in [-0.2, -0.15) is 18.4 Å². The van der Waals surface area contributed by atoms with Gasteiger partial charge in [0.05, 0.1) is 36.4 Å². The minimum atomic E-state index is -4.66. The largest absolute Gasteiger partial charge is 0.416 e. The molecule has 4 nitrogen and oxygen atoms in total. The Balaban J connectivity index is 1.88. The lowest BCUT2D eigenvalue weighted by Crippen LogP contribution is -2.07. The van der Waals surface area contributed by atoms with Crippen molar-refractivity contribution in [1.82, 2.24) is 0 Å². The van der Waals surface area contributed by atoms with Gasteiger partial charge in [-0.05, 0) is 75.7 Å².